The molecule has 0 aliphatic carbocycles. The summed E-state index contributed by atoms with van der Waals surface area (Å²) in [7, 11) is 0. The molecular weight excluding hydrogens is 382 g/mol. The number of aryl methyl sites for hydroxylation is 2. The zero-order chi connectivity index (χ0) is 19.8. The summed E-state index contributed by atoms with van der Waals surface area (Å²) in [5, 5.41) is 11.4. The Kier molecular flexibility index (Phi) is 4.86. The highest BCUT2D eigenvalue weighted by Crippen LogP contribution is 2.33. The predicted octanol–water partition coefficient (Wildman–Crippen LogP) is 4.24. The number of hydrogen-bond acceptors (Lipinski definition) is 7. The molecule has 9 heteroatoms. The lowest BCUT2D eigenvalue weighted by Crippen LogP contribution is -2.37. The van der Waals surface area contributed by atoms with Crippen LogP contribution in [0.15, 0.2) is 28.7 Å². The number of amides is 1. The molecular formula is C19H19N3O5S. The van der Waals surface area contributed by atoms with E-state index in [0.29, 0.717) is 18.3 Å². The Hall–Kier alpha value is -2.78. The van der Waals surface area contributed by atoms with Gasteiger partial charge in [-0.3, -0.25) is 19.8 Å². The minimum atomic E-state index is -0.662. The summed E-state index contributed by atoms with van der Waals surface area (Å²) in [6.45, 7) is 5.01. The van der Waals surface area contributed by atoms with Crippen LogP contribution in [0.3, 0.4) is 0 Å². The van der Waals surface area contributed by atoms with Gasteiger partial charge < -0.3 is 9.15 Å². The van der Waals surface area contributed by atoms with Crippen molar-refractivity contribution in [2.75, 3.05) is 18.1 Å². The van der Waals surface area contributed by atoms with Gasteiger partial charge in [0.15, 0.2) is 10.9 Å². The van der Waals surface area contributed by atoms with Crippen molar-refractivity contribution < 1.29 is 18.9 Å². The molecule has 146 valence electrons. The Morgan fingerprint density at radius 3 is 2.86 bits per heavy atom. The number of rotatable bonds is 5. The quantitative estimate of drug-likeness (QED) is 0.468. The molecule has 0 N–H and O–H groups in total. The van der Waals surface area contributed by atoms with Gasteiger partial charge in [-0.05, 0) is 49.9 Å². The lowest BCUT2D eigenvalue weighted by Gasteiger charge is -2.21. The third-order valence-corrected chi connectivity index (χ3v) is 5.99. The van der Waals surface area contributed by atoms with Crippen LogP contribution in [0.5, 0.6) is 0 Å². The average Bonchev–Trinajstić information content (AvgIpc) is 3.42. The minimum absolute atomic E-state index is 0.0862. The number of fused-ring (bicyclic) bond motifs is 1. The molecule has 1 aliphatic heterocycles. The maximum Gasteiger partial charge on any atom is 0.433 e. The number of anilines is 1. The van der Waals surface area contributed by atoms with E-state index in [-0.39, 0.29) is 11.9 Å². The van der Waals surface area contributed by atoms with E-state index in [4.69, 9.17) is 14.1 Å². The van der Waals surface area contributed by atoms with Crippen molar-refractivity contribution >= 4 is 38.5 Å². The fourth-order valence-corrected chi connectivity index (χ4v) is 4.28. The van der Waals surface area contributed by atoms with Gasteiger partial charge in [0.25, 0.3) is 5.91 Å². The van der Waals surface area contributed by atoms with Crippen LogP contribution in [0, 0.1) is 24.0 Å². The summed E-state index contributed by atoms with van der Waals surface area (Å²) in [5.74, 6) is -1.01. The maximum atomic E-state index is 13.1. The number of carbonyl (C=O) groups is 1. The Morgan fingerprint density at radius 1 is 1.36 bits per heavy atom. The van der Waals surface area contributed by atoms with Crippen molar-refractivity contribution in [1.82, 2.24) is 4.98 Å². The van der Waals surface area contributed by atoms with Gasteiger partial charge in [0.1, 0.15) is 4.92 Å². The van der Waals surface area contributed by atoms with Gasteiger partial charge in [-0.25, -0.2) is 4.98 Å². The number of nitro groups is 1. The largest absolute Gasteiger partial charge is 0.433 e. The van der Waals surface area contributed by atoms with Crippen LogP contribution in [-0.4, -0.2) is 35.1 Å². The van der Waals surface area contributed by atoms with Crippen molar-refractivity contribution in [1.29, 1.82) is 0 Å². The molecule has 0 spiro atoms. The number of aromatic nitrogens is 1. The van der Waals surface area contributed by atoms with E-state index in [1.165, 1.54) is 28.4 Å². The SMILES string of the molecule is Cc1ccc2sc(N(CC3CCCO3)C(=O)c3ccc([N+](=O)[O-])o3)nc2c1C. The highest BCUT2D eigenvalue weighted by Gasteiger charge is 2.30. The number of hydrogen-bond donors (Lipinski definition) is 0. The zero-order valence-corrected chi connectivity index (χ0v) is 16.3. The fraction of sp³-hybridized carbons (Fsp3) is 0.368. The first-order valence-electron chi connectivity index (χ1n) is 8.98. The zero-order valence-electron chi connectivity index (χ0n) is 15.5. The molecule has 1 unspecified atom stereocenters. The lowest BCUT2D eigenvalue weighted by atomic mass is 10.1. The highest BCUT2D eigenvalue weighted by molar-refractivity contribution is 7.22. The molecule has 1 atom stereocenters. The van der Waals surface area contributed by atoms with Crippen molar-refractivity contribution in [3.63, 3.8) is 0 Å². The molecule has 4 rings (SSSR count). The number of ether oxygens (including phenoxy) is 1. The van der Waals surface area contributed by atoms with E-state index in [1.807, 2.05) is 26.0 Å². The third kappa shape index (κ3) is 3.38. The summed E-state index contributed by atoms with van der Waals surface area (Å²) >= 11 is 1.41. The topological polar surface area (TPSA) is 98.7 Å². The third-order valence-electron chi connectivity index (χ3n) is 4.94. The van der Waals surface area contributed by atoms with Crippen LogP contribution in [0.25, 0.3) is 10.2 Å². The summed E-state index contributed by atoms with van der Waals surface area (Å²) in [5.41, 5.74) is 3.05. The molecule has 1 aromatic carbocycles. The summed E-state index contributed by atoms with van der Waals surface area (Å²) in [4.78, 5) is 29.6. The van der Waals surface area contributed by atoms with E-state index in [2.05, 4.69) is 0 Å². The molecule has 0 saturated carbocycles. The van der Waals surface area contributed by atoms with Crippen molar-refractivity contribution in [2.45, 2.75) is 32.8 Å². The number of thiazole rings is 1. The monoisotopic (exact) mass is 401 g/mol. The van der Waals surface area contributed by atoms with E-state index < -0.39 is 16.7 Å². The van der Waals surface area contributed by atoms with Gasteiger partial charge in [-0.1, -0.05) is 17.4 Å². The summed E-state index contributed by atoms with van der Waals surface area (Å²) in [6, 6.07) is 6.53. The van der Waals surface area contributed by atoms with Gasteiger partial charge in [-0.2, -0.15) is 0 Å². The van der Waals surface area contributed by atoms with Gasteiger partial charge in [-0.15, -0.1) is 0 Å². The van der Waals surface area contributed by atoms with Gasteiger partial charge >= 0.3 is 5.88 Å². The van der Waals surface area contributed by atoms with Gasteiger partial charge in [0.05, 0.1) is 28.9 Å². The van der Waals surface area contributed by atoms with Crippen LogP contribution in [0.1, 0.15) is 34.5 Å². The van der Waals surface area contributed by atoms with Crippen molar-refractivity contribution in [2.24, 2.45) is 0 Å². The second kappa shape index (κ2) is 7.33. The average molecular weight is 401 g/mol. The predicted molar refractivity (Wildman–Crippen MR) is 105 cm³/mol. The molecule has 3 heterocycles. The van der Waals surface area contributed by atoms with Gasteiger partial charge in [0, 0.05) is 6.61 Å². The molecule has 0 bridgehead atoms. The lowest BCUT2D eigenvalue weighted by molar-refractivity contribution is -0.402. The Balaban J connectivity index is 1.73. The first-order valence-corrected chi connectivity index (χ1v) is 9.80. The van der Waals surface area contributed by atoms with E-state index >= 15 is 0 Å². The van der Waals surface area contributed by atoms with E-state index in [0.717, 1.165) is 34.2 Å². The molecule has 1 amide bonds. The van der Waals surface area contributed by atoms with Crippen molar-refractivity contribution in [3.8, 4) is 0 Å². The van der Waals surface area contributed by atoms with Crippen LogP contribution >= 0.6 is 11.3 Å². The normalized spacial score (nSPS) is 16.6. The second-order valence-corrected chi connectivity index (χ2v) is 7.81. The number of furan rings is 1. The summed E-state index contributed by atoms with van der Waals surface area (Å²) in [6.07, 6.45) is 1.70. The first kappa shape index (κ1) is 18.6. The number of nitrogens with zero attached hydrogens (tertiary/aromatic N) is 3. The number of carbonyl (C=O) groups excluding carboxylic acids is 1. The van der Waals surface area contributed by atoms with E-state index in [9.17, 15) is 14.9 Å². The number of benzene rings is 1. The minimum Gasteiger partial charge on any atom is -0.395 e. The Morgan fingerprint density at radius 2 is 2.18 bits per heavy atom. The molecule has 1 aliphatic rings. The molecule has 8 nitrogen and oxygen atoms in total. The Labute approximate surface area is 164 Å². The molecule has 0 radical (unpaired) electrons. The van der Waals surface area contributed by atoms with E-state index in [1.54, 1.807) is 0 Å². The van der Waals surface area contributed by atoms with Crippen LogP contribution in [0.2, 0.25) is 0 Å². The molecule has 28 heavy (non-hydrogen) atoms. The first-order chi connectivity index (χ1) is 13.4. The fourth-order valence-electron chi connectivity index (χ4n) is 3.24. The maximum absolute atomic E-state index is 13.1. The van der Waals surface area contributed by atoms with Crippen LogP contribution in [0.4, 0.5) is 11.0 Å². The Bertz CT molecular complexity index is 1050. The standard InChI is InChI=1S/C19H19N3O5S/c1-11-5-7-15-17(12(11)2)20-19(28-15)21(10-13-4-3-9-26-13)18(23)14-6-8-16(27-14)22(24)25/h5-8,13H,3-4,9-10H2,1-2H3. The molecule has 3 aromatic rings. The van der Waals surface area contributed by atoms with Gasteiger partial charge in [0.2, 0.25) is 0 Å². The van der Waals surface area contributed by atoms with Crippen LogP contribution < -0.4 is 4.90 Å². The summed E-state index contributed by atoms with van der Waals surface area (Å²) < 4.78 is 11.8. The molecule has 1 saturated heterocycles. The van der Waals surface area contributed by atoms with Crippen LogP contribution in [-0.2, 0) is 4.74 Å². The molecule has 2 aromatic heterocycles. The second-order valence-electron chi connectivity index (χ2n) is 6.80. The molecule has 1 fully saturated rings. The smallest absolute Gasteiger partial charge is 0.395 e. The van der Waals surface area contributed by atoms with Crippen molar-refractivity contribution in [3.05, 3.63) is 51.3 Å². The highest BCUT2D eigenvalue weighted by atomic mass is 32.1.